The van der Waals surface area contributed by atoms with Gasteiger partial charge >= 0.3 is 0 Å². The highest BCUT2D eigenvalue weighted by molar-refractivity contribution is 7.89. The van der Waals surface area contributed by atoms with E-state index in [0.29, 0.717) is 30.4 Å². The van der Waals surface area contributed by atoms with Gasteiger partial charge in [0.05, 0.1) is 11.4 Å². The summed E-state index contributed by atoms with van der Waals surface area (Å²) in [7, 11) is -3.60. The quantitative estimate of drug-likeness (QED) is 0.781. The molecule has 0 spiro atoms. The molecule has 1 aliphatic carbocycles. The van der Waals surface area contributed by atoms with E-state index in [9.17, 15) is 13.2 Å². The molecule has 1 saturated carbocycles. The van der Waals surface area contributed by atoms with Crippen molar-refractivity contribution < 1.29 is 13.2 Å². The van der Waals surface area contributed by atoms with E-state index in [1.165, 1.54) is 15.4 Å². The van der Waals surface area contributed by atoms with Gasteiger partial charge in [0.15, 0.2) is 0 Å². The SMILES string of the molecule is CCN(CC)S(=O)(=O)c1c(C)nn(CC(=O)NC2CCCCC2C)c1C. The molecule has 7 nitrogen and oxygen atoms in total. The molecule has 0 saturated heterocycles. The predicted molar refractivity (Wildman–Crippen MR) is 101 cm³/mol. The molecule has 1 N–H and O–H groups in total. The number of hydrogen-bond acceptors (Lipinski definition) is 4. The molecule has 2 unspecified atom stereocenters. The van der Waals surface area contributed by atoms with Gasteiger partial charge < -0.3 is 5.32 Å². The Kier molecular flexibility index (Phi) is 6.85. The van der Waals surface area contributed by atoms with Gasteiger partial charge in [-0.3, -0.25) is 9.48 Å². The van der Waals surface area contributed by atoms with Gasteiger partial charge in [-0.2, -0.15) is 9.40 Å². The van der Waals surface area contributed by atoms with Gasteiger partial charge in [0.2, 0.25) is 15.9 Å². The predicted octanol–water partition coefficient (Wildman–Crippen LogP) is 2.23. The Bertz CT molecular complexity index is 738. The average Bonchev–Trinajstić information content (AvgIpc) is 2.84. The molecule has 1 heterocycles. The van der Waals surface area contributed by atoms with Gasteiger partial charge in [-0.05, 0) is 32.6 Å². The van der Waals surface area contributed by atoms with E-state index >= 15 is 0 Å². The first kappa shape index (κ1) is 20.9. The van der Waals surface area contributed by atoms with Crippen LogP contribution in [0.5, 0.6) is 0 Å². The maximum Gasteiger partial charge on any atom is 0.246 e. The first-order chi connectivity index (χ1) is 12.2. The van der Waals surface area contributed by atoms with Gasteiger partial charge in [-0.15, -0.1) is 0 Å². The van der Waals surface area contributed by atoms with Crippen LogP contribution in [0.15, 0.2) is 4.90 Å². The molecule has 1 aliphatic rings. The van der Waals surface area contributed by atoms with E-state index in [0.717, 1.165) is 19.3 Å². The fraction of sp³-hybridized carbons (Fsp3) is 0.778. The van der Waals surface area contributed by atoms with E-state index < -0.39 is 10.0 Å². The van der Waals surface area contributed by atoms with Crippen LogP contribution < -0.4 is 5.32 Å². The molecule has 0 radical (unpaired) electrons. The summed E-state index contributed by atoms with van der Waals surface area (Å²) >= 11 is 0. The van der Waals surface area contributed by atoms with Crippen LogP contribution in [0.2, 0.25) is 0 Å². The molecule has 1 amide bonds. The summed E-state index contributed by atoms with van der Waals surface area (Å²) in [6, 6.07) is 0.201. The molecular formula is C18H32N4O3S. The molecule has 1 fully saturated rings. The van der Waals surface area contributed by atoms with Crippen LogP contribution in [0, 0.1) is 19.8 Å². The van der Waals surface area contributed by atoms with Crippen molar-refractivity contribution in [3.8, 4) is 0 Å². The van der Waals surface area contributed by atoms with Crippen LogP contribution in [0.4, 0.5) is 0 Å². The van der Waals surface area contributed by atoms with Crippen LogP contribution >= 0.6 is 0 Å². The first-order valence-electron chi connectivity index (χ1n) is 9.55. The van der Waals surface area contributed by atoms with Crippen LogP contribution in [-0.2, 0) is 21.4 Å². The maximum absolute atomic E-state index is 12.9. The molecule has 2 atom stereocenters. The molecule has 1 aromatic heterocycles. The molecule has 0 bridgehead atoms. The third kappa shape index (κ3) is 4.28. The second-order valence-corrected chi connectivity index (χ2v) is 9.06. The number of carbonyl (C=O) groups excluding carboxylic acids is 1. The van der Waals surface area contributed by atoms with Crippen molar-refractivity contribution in [3.05, 3.63) is 11.4 Å². The smallest absolute Gasteiger partial charge is 0.246 e. The summed E-state index contributed by atoms with van der Waals surface area (Å²) in [4.78, 5) is 12.7. The van der Waals surface area contributed by atoms with E-state index in [4.69, 9.17) is 0 Å². The number of sulfonamides is 1. The number of amides is 1. The minimum Gasteiger partial charge on any atom is -0.351 e. The zero-order chi connectivity index (χ0) is 19.5. The average molecular weight is 385 g/mol. The molecule has 0 aliphatic heterocycles. The maximum atomic E-state index is 12.9. The Morgan fingerprint density at radius 2 is 1.85 bits per heavy atom. The fourth-order valence-corrected chi connectivity index (χ4v) is 5.65. The number of aryl methyl sites for hydroxylation is 1. The second kappa shape index (κ2) is 8.52. The van der Waals surface area contributed by atoms with Crippen LogP contribution in [-0.4, -0.2) is 47.5 Å². The van der Waals surface area contributed by atoms with Gasteiger partial charge in [0, 0.05) is 19.1 Å². The van der Waals surface area contributed by atoms with Crippen molar-refractivity contribution in [2.24, 2.45) is 5.92 Å². The molecule has 2 rings (SSSR count). The highest BCUT2D eigenvalue weighted by atomic mass is 32.2. The van der Waals surface area contributed by atoms with Crippen molar-refractivity contribution in [1.29, 1.82) is 0 Å². The van der Waals surface area contributed by atoms with Crippen molar-refractivity contribution >= 4 is 15.9 Å². The summed E-state index contributed by atoms with van der Waals surface area (Å²) in [6.45, 7) is 10.1. The van der Waals surface area contributed by atoms with Gasteiger partial charge in [0.1, 0.15) is 11.4 Å². The zero-order valence-electron chi connectivity index (χ0n) is 16.6. The van der Waals surface area contributed by atoms with Crippen molar-refractivity contribution in [3.63, 3.8) is 0 Å². The minimum atomic E-state index is -3.60. The van der Waals surface area contributed by atoms with Gasteiger partial charge in [0.25, 0.3) is 0 Å². The molecule has 26 heavy (non-hydrogen) atoms. The van der Waals surface area contributed by atoms with E-state index in [-0.39, 0.29) is 23.4 Å². The van der Waals surface area contributed by atoms with Crippen molar-refractivity contribution in [1.82, 2.24) is 19.4 Å². The Hall–Kier alpha value is -1.41. The number of rotatable bonds is 7. The van der Waals surface area contributed by atoms with E-state index in [1.807, 2.05) is 13.8 Å². The van der Waals surface area contributed by atoms with E-state index in [2.05, 4.69) is 17.3 Å². The fourth-order valence-electron chi connectivity index (χ4n) is 3.82. The number of nitrogens with zero attached hydrogens (tertiary/aromatic N) is 3. The normalized spacial score (nSPS) is 21.2. The summed E-state index contributed by atoms with van der Waals surface area (Å²) in [5.41, 5.74) is 0.953. The summed E-state index contributed by atoms with van der Waals surface area (Å²) < 4.78 is 28.7. The Balaban J connectivity index is 2.18. The van der Waals surface area contributed by atoms with Crippen molar-refractivity contribution in [2.75, 3.05) is 13.1 Å². The number of nitrogens with one attached hydrogen (secondary N) is 1. The standard InChI is InChI=1S/C18H32N4O3S/c1-6-21(7-2)26(24,25)18-14(4)20-22(15(18)5)12-17(23)19-16-11-9-8-10-13(16)3/h13,16H,6-12H2,1-5H3,(H,19,23). The Labute approximate surface area is 157 Å². The largest absolute Gasteiger partial charge is 0.351 e. The molecule has 0 aromatic carbocycles. The zero-order valence-corrected chi connectivity index (χ0v) is 17.4. The van der Waals surface area contributed by atoms with Gasteiger partial charge in [-0.25, -0.2) is 8.42 Å². The molecule has 148 valence electrons. The molecule has 1 aromatic rings. The summed E-state index contributed by atoms with van der Waals surface area (Å²) in [5.74, 6) is 0.368. The highest BCUT2D eigenvalue weighted by Gasteiger charge is 2.30. The Morgan fingerprint density at radius 3 is 2.42 bits per heavy atom. The summed E-state index contributed by atoms with van der Waals surface area (Å²) in [5, 5.41) is 7.43. The number of aromatic nitrogens is 2. The second-order valence-electron chi connectivity index (χ2n) is 7.18. The minimum absolute atomic E-state index is 0.0453. The van der Waals surface area contributed by atoms with Crippen LogP contribution in [0.25, 0.3) is 0 Å². The van der Waals surface area contributed by atoms with E-state index in [1.54, 1.807) is 13.8 Å². The number of carbonyl (C=O) groups is 1. The number of hydrogen-bond donors (Lipinski definition) is 1. The lowest BCUT2D eigenvalue weighted by molar-refractivity contribution is -0.123. The lowest BCUT2D eigenvalue weighted by Gasteiger charge is -2.29. The third-order valence-corrected chi connectivity index (χ3v) is 7.67. The van der Waals surface area contributed by atoms with Crippen molar-refractivity contribution in [2.45, 2.75) is 77.8 Å². The molecular weight excluding hydrogens is 352 g/mol. The topological polar surface area (TPSA) is 84.3 Å². The first-order valence-corrected chi connectivity index (χ1v) is 11.0. The lowest BCUT2D eigenvalue weighted by Crippen LogP contribution is -2.42. The van der Waals surface area contributed by atoms with Crippen LogP contribution in [0.3, 0.4) is 0 Å². The lowest BCUT2D eigenvalue weighted by atomic mass is 9.86. The van der Waals surface area contributed by atoms with Gasteiger partial charge in [-0.1, -0.05) is 33.6 Å². The summed E-state index contributed by atoms with van der Waals surface area (Å²) in [6.07, 6.45) is 4.50. The monoisotopic (exact) mass is 384 g/mol. The van der Waals surface area contributed by atoms with Crippen LogP contribution in [0.1, 0.15) is 57.8 Å². The highest BCUT2D eigenvalue weighted by Crippen LogP contribution is 2.25. The third-order valence-electron chi connectivity index (χ3n) is 5.37. The Morgan fingerprint density at radius 1 is 1.23 bits per heavy atom. The molecule has 8 heteroatoms.